The third-order valence-corrected chi connectivity index (χ3v) is 4.57. The molecule has 0 saturated heterocycles. The molecule has 4 aromatic heterocycles. The van der Waals surface area contributed by atoms with E-state index in [0.29, 0.717) is 33.5 Å². The van der Waals surface area contributed by atoms with Crippen LogP contribution < -0.4 is 5.32 Å². The molecule has 1 amide bonds. The van der Waals surface area contributed by atoms with Crippen LogP contribution in [0.5, 0.6) is 0 Å². The van der Waals surface area contributed by atoms with Crippen molar-refractivity contribution in [1.82, 2.24) is 29.5 Å². The zero-order valence-electron chi connectivity index (χ0n) is 16.7. The number of fused-ring (bicyclic) bond motifs is 1. The molecule has 0 fully saturated rings. The average molecular weight is 401 g/mol. The number of aromatic nitrogens is 6. The van der Waals surface area contributed by atoms with E-state index in [-0.39, 0.29) is 17.5 Å². The van der Waals surface area contributed by atoms with Gasteiger partial charge in [0.1, 0.15) is 17.7 Å². The number of amides is 1. The molecule has 4 heterocycles. The number of anilines is 1. The molecule has 0 aliphatic heterocycles. The van der Waals surface area contributed by atoms with Crippen LogP contribution in [0.4, 0.5) is 5.69 Å². The zero-order chi connectivity index (χ0) is 21.3. The molecule has 0 spiro atoms. The first kappa shape index (κ1) is 19.3. The molecule has 4 rings (SSSR count). The van der Waals surface area contributed by atoms with Crippen LogP contribution >= 0.6 is 0 Å². The lowest BCUT2D eigenvalue weighted by Gasteiger charge is -2.07. The number of hydrogen-bond acceptors (Lipinski definition) is 7. The minimum atomic E-state index is -0.432. The molecule has 30 heavy (non-hydrogen) atoms. The van der Waals surface area contributed by atoms with E-state index in [1.54, 1.807) is 25.4 Å². The summed E-state index contributed by atoms with van der Waals surface area (Å²) in [4.78, 5) is 46.2. The van der Waals surface area contributed by atoms with Gasteiger partial charge < -0.3 is 9.88 Å². The Bertz CT molecular complexity index is 1250. The second-order valence-electron chi connectivity index (χ2n) is 7.09. The van der Waals surface area contributed by atoms with Gasteiger partial charge in [-0.2, -0.15) is 0 Å². The Morgan fingerprint density at radius 1 is 1.00 bits per heavy atom. The molecule has 150 valence electrons. The van der Waals surface area contributed by atoms with Crippen molar-refractivity contribution in [2.75, 3.05) is 5.32 Å². The van der Waals surface area contributed by atoms with Crippen molar-refractivity contribution in [3.8, 4) is 0 Å². The highest BCUT2D eigenvalue weighted by Gasteiger charge is 2.20. The minimum Gasteiger partial charge on any atom is -0.329 e. The number of ketones is 1. The van der Waals surface area contributed by atoms with Gasteiger partial charge in [0.15, 0.2) is 5.78 Å². The molecule has 9 heteroatoms. The van der Waals surface area contributed by atoms with Crippen molar-refractivity contribution in [3.05, 3.63) is 72.1 Å². The molecule has 9 nitrogen and oxygen atoms in total. The highest BCUT2D eigenvalue weighted by molar-refractivity contribution is 6.16. The van der Waals surface area contributed by atoms with Gasteiger partial charge >= 0.3 is 0 Å². The molecule has 4 aromatic rings. The predicted molar refractivity (Wildman–Crippen MR) is 110 cm³/mol. The van der Waals surface area contributed by atoms with Gasteiger partial charge in [-0.05, 0) is 26.8 Å². The molecular formula is C21H19N7O2. The second kappa shape index (κ2) is 7.78. The van der Waals surface area contributed by atoms with Crippen molar-refractivity contribution in [2.24, 2.45) is 0 Å². The highest BCUT2D eigenvalue weighted by Crippen LogP contribution is 2.25. The number of nitrogens with zero attached hydrogens (tertiary/aromatic N) is 6. The lowest BCUT2D eigenvalue weighted by molar-refractivity contribution is 0.101. The van der Waals surface area contributed by atoms with Gasteiger partial charge in [-0.3, -0.25) is 19.6 Å². The van der Waals surface area contributed by atoms with E-state index in [1.165, 1.54) is 31.1 Å². The Morgan fingerprint density at radius 3 is 2.57 bits per heavy atom. The molecular weight excluding hydrogens is 382 g/mol. The summed E-state index contributed by atoms with van der Waals surface area (Å²) in [6, 6.07) is 1.71. The Morgan fingerprint density at radius 2 is 1.83 bits per heavy atom. The second-order valence-corrected chi connectivity index (χ2v) is 7.09. The summed E-state index contributed by atoms with van der Waals surface area (Å²) in [7, 11) is 0. The first-order valence-corrected chi connectivity index (χ1v) is 9.34. The Kier molecular flexibility index (Phi) is 5.01. The maximum absolute atomic E-state index is 13.2. The van der Waals surface area contributed by atoms with Crippen LogP contribution in [-0.2, 0) is 0 Å². The monoisotopic (exact) mass is 401 g/mol. The molecule has 1 N–H and O–H groups in total. The molecule has 0 aliphatic rings. The predicted octanol–water partition coefficient (Wildman–Crippen LogP) is 2.99. The number of aryl methyl sites for hydroxylation is 1. The smallest absolute Gasteiger partial charge is 0.275 e. The normalized spacial score (nSPS) is 11.1. The number of pyridine rings is 1. The Labute approximate surface area is 172 Å². The third kappa shape index (κ3) is 3.64. The van der Waals surface area contributed by atoms with Gasteiger partial charge in [0.05, 0.1) is 29.3 Å². The molecule has 0 saturated carbocycles. The number of nitrogens with one attached hydrogen (secondary N) is 1. The summed E-state index contributed by atoms with van der Waals surface area (Å²) in [5.41, 5.74) is 2.79. The van der Waals surface area contributed by atoms with Crippen LogP contribution in [0.1, 0.15) is 52.0 Å². The number of hydrogen-bond donors (Lipinski definition) is 1. The van der Waals surface area contributed by atoms with Crippen molar-refractivity contribution in [3.63, 3.8) is 0 Å². The number of rotatable bonds is 5. The summed E-state index contributed by atoms with van der Waals surface area (Å²) < 4.78 is 1.93. The van der Waals surface area contributed by atoms with Gasteiger partial charge in [-0.25, -0.2) is 15.0 Å². The topological polar surface area (TPSA) is 116 Å². The lowest BCUT2D eigenvalue weighted by Crippen LogP contribution is -2.15. The van der Waals surface area contributed by atoms with Gasteiger partial charge in [0, 0.05) is 41.8 Å². The molecule has 0 aliphatic carbocycles. The molecule has 0 atom stereocenters. The quantitative estimate of drug-likeness (QED) is 0.511. The first-order chi connectivity index (χ1) is 14.4. The van der Waals surface area contributed by atoms with Gasteiger partial charge in [0.2, 0.25) is 0 Å². The van der Waals surface area contributed by atoms with E-state index in [2.05, 4.69) is 30.2 Å². The summed E-state index contributed by atoms with van der Waals surface area (Å²) in [5, 5.41) is 3.37. The number of carbonyl (C=O) groups is 2. The van der Waals surface area contributed by atoms with E-state index in [0.717, 1.165) is 0 Å². The first-order valence-electron chi connectivity index (χ1n) is 9.34. The summed E-state index contributed by atoms with van der Waals surface area (Å²) in [6.07, 6.45) is 10.7. The van der Waals surface area contributed by atoms with Crippen LogP contribution in [-0.4, -0.2) is 41.2 Å². The maximum Gasteiger partial charge on any atom is 0.275 e. The summed E-state index contributed by atoms with van der Waals surface area (Å²) in [6.45, 7) is 5.82. The van der Waals surface area contributed by atoms with E-state index in [1.807, 2.05) is 18.4 Å². The maximum atomic E-state index is 13.2. The standard InChI is InChI=1S/C21H19N7O2/c1-12(2)28-10-17(16-8-23-11-26-20(16)28)19(29)14-4-15(7-22-6-14)27-21(30)18-9-24-13(3)5-25-18/h4-12H,1-3H3,(H,27,30). The zero-order valence-corrected chi connectivity index (χ0v) is 16.7. The SMILES string of the molecule is Cc1cnc(C(=O)Nc2cncc(C(=O)c3cn(C(C)C)c4ncncc34)c2)cn1. The average Bonchev–Trinajstić information content (AvgIpc) is 3.14. The molecule has 0 bridgehead atoms. The summed E-state index contributed by atoms with van der Waals surface area (Å²) >= 11 is 0. The fourth-order valence-corrected chi connectivity index (χ4v) is 3.06. The van der Waals surface area contributed by atoms with Crippen LogP contribution in [0.15, 0.2) is 49.6 Å². The lowest BCUT2D eigenvalue weighted by atomic mass is 10.1. The van der Waals surface area contributed by atoms with Crippen molar-refractivity contribution in [1.29, 1.82) is 0 Å². The Balaban J connectivity index is 1.64. The van der Waals surface area contributed by atoms with Crippen LogP contribution in [0.25, 0.3) is 11.0 Å². The van der Waals surface area contributed by atoms with Crippen molar-refractivity contribution < 1.29 is 9.59 Å². The summed E-state index contributed by atoms with van der Waals surface area (Å²) in [5.74, 6) is -0.661. The fraction of sp³-hybridized carbons (Fsp3) is 0.190. The van der Waals surface area contributed by atoms with Gasteiger partial charge in [-0.15, -0.1) is 0 Å². The minimum absolute atomic E-state index is 0.128. The molecule has 0 aromatic carbocycles. The van der Waals surface area contributed by atoms with Crippen LogP contribution in [0.3, 0.4) is 0 Å². The Hall–Kier alpha value is -4.01. The van der Waals surface area contributed by atoms with E-state index in [4.69, 9.17) is 0 Å². The van der Waals surface area contributed by atoms with Crippen molar-refractivity contribution >= 4 is 28.4 Å². The number of carbonyl (C=O) groups excluding carboxylic acids is 2. The van der Waals surface area contributed by atoms with Crippen LogP contribution in [0.2, 0.25) is 0 Å². The third-order valence-electron chi connectivity index (χ3n) is 4.57. The largest absolute Gasteiger partial charge is 0.329 e. The van der Waals surface area contributed by atoms with E-state index in [9.17, 15) is 9.59 Å². The van der Waals surface area contributed by atoms with E-state index >= 15 is 0 Å². The van der Waals surface area contributed by atoms with Gasteiger partial charge in [-0.1, -0.05) is 0 Å². The highest BCUT2D eigenvalue weighted by atomic mass is 16.2. The van der Waals surface area contributed by atoms with Gasteiger partial charge in [0.25, 0.3) is 5.91 Å². The van der Waals surface area contributed by atoms with E-state index < -0.39 is 5.91 Å². The van der Waals surface area contributed by atoms with Crippen LogP contribution in [0, 0.1) is 6.92 Å². The molecule has 0 radical (unpaired) electrons. The molecule has 0 unspecified atom stereocenters. The van der Waals surface area contributed by atoms with Crippen molar-refractivity contribution in [2.45, 2.75) is 26.8 Å². The fourth-order valence-electron chi connectivity index (χ4n) is 3.06.